The molecule has 24 heavy (non-hydrogen) atoms. The minimum Gasteiger partial charge on any atom is -0.481 e. The molecular weight excluding hydrogens is 302 g/mol. The van der Waals surface area contributed by atoms with E-state index in [-0.39, 0.29) is 18.2 Å². The smallest absolute Gasteiger partial charge is 0.304 e. The van der Waals surface area contributed by atoms with Crippen molar-refractivity contribution in [2.24, 2.45) is 5.92 Å². The van der Waals surface area contributed by atoms with Crippen LogP contribution in [0.15, 0.2) is 12.2 Å². The highest BCUT2D eigenvalue weighted by Crippen LogP contribution is 2.18. The second-order valence-corrected chi connectivity index (χ2v) is 6.41. The summed E-state index contributed by atoms with van der Waals surface area (Å²) in [7, 11) is 0. The van der Waals surface area contributed by atoms with Crippen molar-refractivity contribution < 1.29 is 14.7 Å². The first-order valence-electron chi connectivity index (χ1n) is 9.72. The van der Waals surface area contributed by atoms with E-state index >= 15 is 0 Å². The molecule has 0 aliphatic rings. The summed E-state index contributed by atoms with van der Waals surface area (Å²) in [4.78, 5) is 25.1. The van der Waals surface area contributed by atoms with Crippen LogP contribution in [0.4, 0.5) is 0 Å². The number of rotatable bonds is 15. The van der Waals surface area contributed by atoms with E-state index in [1.807, 2.05) is 13.8 Å². The fourth-order valence-corrected chi connectivity index (χ4v) is 2.89. The minimum absolute atomic E-state index is 0.00165. The van der Waals surface area contributed by atoms with E-state index in [4.69, 9.17) is 5.11 Å². The monoisotopic (exact) mass is 339 g/mol. The summed E-state index contributed by atoms with van der Waals surface area (Å²) in [5.74, 6) is -1.25. The van der Waals surface area contributed by atoms with Crippen LogP contribution in [0.5, 0.6) is 0 Å². The number of unbranched alkanes of at least 4 members (excludes halogenated alkanes) is 6. The van der Waals surface area contributed by atoms with Crippen molar-refractivity contribution in [3.05, 3.63) is 12.2 Å². The first-order valence-corrected chi connectivity index (χ1v) is 9.72. The molecule has 1 unspecified atom stereocenters. The summed E-state index contributed by atoms with van der Waals surface area (Å²) in [5, 5.41) is 9.04. The van der Waals surface area contributed by atoms with Gasteiger partial charge >= 0.3 is 5.97 Å². The van der Waals surface area contributed by atoms with E-state index in [1.165, 1.54) is 25.7 Å². The second-order valence-electron chi connectivity index (χ2n) is 6.41. The number of carbonyl (C=O) groups excluding carboxylic acids is 1. The Morgan fingerprint density at radius 1 is 0.917 bits per heavy atom. The Morgan fingerprint density at radius 3 is 2.00 bits per heavy atom. The lowest BCUT2D eigenvalue weighted by Crippen LogP contribution is -2.36. The normalized spacial score (nSPS) is 12.5. The van der Waals surface area contributed by atoms with Gasteiger partial charge in [0, 0.05) is 19.0 Å². The Labute approximate surface area is 148 Å². The van der Waals surface area contributed by atoms with Gasteiger partial charge in [-0.05, 0) is 46.0 Å². The summed E-state index contributed by atoms with van der Waals surface area (Å²) in [5.41, 5.74) is 0. The zero-order valence-electron chi connectivity index (χ0n) is 15.9. The molecule has 0 saturated heterocycles. The van der Waals surface area contributed by atoms with Crippen LogP contribution in [0.1, 0.15) is 85.0 Å². The third-order valence-corrected chi connectivity index (χ3v) is 4.41. The predicted molar refractivity (Wildman–Crippen MR) is 100 cm³/mol. The van der Waals surface area contributed by atoms with Crippen LogP contribution < -0.4 is 0 Å². The van der Waals surface area contributed by atoms with E-state index in [2.05, 4.69) is 19.1 Å². The molecule has 4 nitrogen and oxygen atoms in total. The van der Waals surface area contributed by atoms with Crippen LogP contribution in [-0.4, -0.2) is 35.0 Å². The Hall–Kier alpha value is -1.32. The summed E-state index contributed by atoms with van der Waals surface area (Å²) in [6.07, 6.45) is 14.4. The Bertz CT molecular complexity index is 362. The maximum atomic E-state index is 12.4. The zero-order chi connectivity index (χ0) is 18.2. The molecule has 0 spiro atoms. The number of carboxylic acids is 1. The van der Waals surface area contributed by atoms with Gasteiger partial charge in [-0.25, -0.2) is 0 Å². The van der Waals surface area contributed by atoms with Crippen molar-refractivity contribution in [1.82, 2.24) is 4.90 Å². The van der Waals surface area contributed by atoms with Crippen molar-refractivity contribution in [3.63, 3.8) is 0 Å². The lowest BCUT2D eigenvalue weighted by Gasteiger charge is -2.24. The SMILES string of the molecule is CCCCC/C=C/CCCCCC(CC(=O)O)C(=O)N(CC)CC. The van der Waals surface area contributed by atoms with Gasteiger partial charge < -0.3 is 10.0 Å². The molecule has 0 aromatic heterocycles. The maximum absolute atomic E-state index is 12.4. The molecule has 0 heterocycles. The molecule has 140 valence electrons. The lowest BCUT2D eigenvalue weighted by molar-refractivity contribution is -0.144. The molecule has 1 N–H and O–H groups in total. The van der Waals surface area contributed by atoms with Crippen molar-refractivity contribution in [3.8, 4) is 0 Å². The molecule has 0 radical (unpaired) electrons. The number of carbonyl (C=O) groups is 2. The largest absolute Gasteiger partial charge is 0.481 e. The third kappa shape index (κ3) is 11.3. The van der Waals surface area contributed by atoms with Crippen LogP contribution in [-0.2, 0) is 9.59 Å². The quantitative estimate of drug-likeness (QED) is 0.336. The van der Waals surface area contributed by atoms with Crippen molar-refractivity contribution in [2.45, 2.75) is 85.0 Å². The standard InChI is InChI=1S/C20H37NO3/c1-4-7-8-9-10-11-12-13-14-15-16-18(17-19(22)23)20(24)21(5-2)6-3/h10-11,18H,4-9,12-17H2,1-3H3,(H,22,23)/b11-10+. The number of nitrogens with zero attached hydrogens (tertiary/aromatic N) is 1. The average Bonchev–Trinajstić information content (AvgIpc) is 2.56. The van der Waals surface area contributed by atoms with Gasteiger partial charge in [-0.2, -0.15) is 0 Å². The number of carboxylic acid groups (broad SMARTS) is 1. The van der Waals surface area contributed by atoms with E-state index in [0.717, 1.165) is 25.7 Å². The minimum atomic E-state index is -0.879. The number of aliphatic carboxylic acids is 1. The molecule has 1 atom stereocenters. The number of amides is 1. The van der Waals surface area contributed by atoms with Gasteiger partial charge in [-0.1, -0.05) is 44.8 Å². The predicted octanol–water partition coefficient (Wildman–Crippen LogP) is 5.03. The van der Waals surface area contributed by atoms with Crippen LogP contribution in [0, 0.1) is 5.92 Å². The zero-order valence-corrected chi connectivity index (χ0v) is 15.9. The summed E-state index contributed by atoms with van der Waals surface area (Å²) < 4.78 is 0. The number of allylic oxidation sites excluding steroid dienone is 2. The molecule has 4 heteroatoms. The van der Waals surface area contributed by atoms with Crippen molar-refractivity contribution >= 4 is 11.9 Å². The highest BCUT2D eigenvalue weighted by Gasteiger charge is 2.24. The van der Waals surface area contributed by atoms with Gasteiger partial charge in [0.1, 0.15) is 0 Å². The van der Waals surface area contributed by atoms with Crippen LogP contribution >= 0.6 is 0 Å². The molecule has 0 aliphatic heterocycles. The fraction of sp³-hybridized carbons (Fsp3) is 0.800. The van der Waals surface area contributed by atoms with Crippen molar-refractivity contribution in [2.75, 3.05) is 13.1 Å². The molecule has 0 aromatic carbocycles. The van der Waals surface area contributed by atoms with Crippen molar-refractivity contribution in [1.29, 1.82) is 0 Å². The molecular formula is C20H37NO3. The average molecular weight is 340 g/mol. The van der Waals surface area contributed by atoms with Crippen LogP contribution in [0.25, 0.3) is 0 Å². The summed E-state index contributed by atoms with van der Waals surface area (Å²) >= 11 is 0. The Kier molecular flexibility index (Phi) is 14.4. The topological polar surface area (TPSA) is 57.6 Å². The molecule has 0 saturated carbocycles. The van der Waals surface area contributed by atoms with E-state index in [1.54, 1.807) is 4.90 Å². The highest BCUT2D eigenvalue weighted by molar-refractivity contribution is 5.83. The van der Waals surface area contributed by atoms with E-state index in [0.29, 0.717) is 19.5 Å². The van der Waals surface area contributed by atoms with E-state index < -0.39 is 5.97 Å². The van der Waals surface area contributed by atoms with Crippen LogP contribution in [0.3, 0.4) is 0 Å². The van der Waals surface area contributed by atoms with Crippen LogP contribution in [0.2, 0.25) is 0 Å². The maximum Gasteiger partial charge on any atom is 0.304 e. The lowest BCUT2D eigenvalue weighted by atomic mass is 9.95. The van der Waals surface area contributed by atoms with Gasteiger partial charge in [0.2, 0.25) is 5.91 Å². The van der Waals surface area contributed by atoms with E-state index in [9.17, 15) is 9.59 Å². The first-order chi connectivity index (χ1) is 11.6. The highest BCUT2D eigenvalue weighted by atomic mass is 16.4. The molecule has 0 bridgehead atoms. The Balaban J connectivity index is 4.02. The molecule has 0 rings (SSSR count). The van der Waals surface area contributed by atoms with Gasteiger partial charge in [-0.15, -0.1) is 0 Å². The molecule has 0 fully saturated rings. The van der Waals surface area contributed by atoms with Gasteiger partial charge in [0.15, 0.2) is 0 Å². The second kappa shape index (κ2) is 15.2. The summed E-state index contributed by atoms with van der Waals surface area (Å²) in [6.45, 7) is 7.38. The number of hydrogen-bond acceptors (Lipinski definition) is 2. The molecule has 0 aromatic rings. The van der Waals surface area contributed by atoms with Gasteiger partial charge in [-0.3, -0.25) is 9.59 Å². The summed E-state index contributed by atoms with van der Waals surface area (Å²) in [6, 6.07) is 0. The molecule has 0 aliphatic carbocycles. The van der Waals surface area contributed by atoms with Gasteiger partial charge in [0.05, 0.1) is 6.42 Å². The Morgan fingerprint density at radius 2 is 1.50 bits per heavy atom. The fourth-order valence-electron chi connectivity index (χ4n) is 2.89. The first kappa shape index (κ1) is 22.7. The third-order valence-electron chi connectivity index (χ3n) is 4.41. The van der Waals surface area contributed by atoms with Gasteiger partial charge in [0.25, 0.3) is 0 Å². The number of hydrogen-bond donors (Lipinski definition) is 1. The molecule has 1 amide bonds.